The number of allylic oxidation sites excluding steroid dienone is 2. The van der Waals surface area contributed by atoms with Crippen LogP contribution in [0, 0.1) is 23.5 Å². The molecule has 154 valence electrons. The van der Waals surface area contributed by atoms with Gasteiger partial charge in [-0.3, -0.25) is 19.3 Å². The van der Waals surface area contributed by atoms with Crippen LogP contribution < -0.4 is 5.32 Å². The molecule has 7 nitrogen and oxygen atoms in total. The number of rotatable bonds is 5. The molecule has 0 bridgehead atoms. The molecular formula is C20H20F2N2O5. The minimum atomic E-state index is -1.33. The molecule has 0 unspecified atom stereocenters. The Morgan fingerprint density at radius 3 is 2.24 bits per heavy atom. The number of fused-ring (bicyclic) bond motifs is 1. The number of ether oxygens (including phenoxy) is 1. The molecule has 1 N–H and O–H groups in total. The third-order valence-corrected chi connectivity index (χ3v) is 5.12. The highest BCUT2D eigenvalue weighted by molar-refractivity contribution is 6.08. The lowest BCUT2D eigenvalue weighted by molar-refractivity contribution is -0.163. The second kappa shape index (κ2) is 8.10. The number of nitrogens with zero attached hydrogens (tertiary/aromatic N) is 1. The Morgan fingerprint density at radius 2 is 1.69 bits per heavy atom. The number of carbonyl (C=O) groups is 4. The van der Waals surface area contributed by atoms with Crippen molar-refractivity contribution in [1.82, 2.24) is 4.90 Å². The zero-order chi connectivity index (χ0) is 21.3. The maximum Gasteiger partial charge on any atom is 0.329 e. The van der Waals surface area contributed by atoms with Crippen LogP contribution >= 0.6 is 0 Å². The van der Waals surface area contributed by atoms with E-state index in [1.807, 2.05) is 12.2 Å². The molecule has 1 heterocycles. The Hall–Kier alpha value is -3.10. The van der Waals surface area contributed by atoms with Gasteiger partial charge in [-0.15, -0.1) is 0 Å². The number of hydrogen-bond acceptors (Lipinski definition) is 5. The zero-order valence-corrected chi connectivity index (χ0v) is 15.9. The van der Waals surface area contributed by atoms with Crippen molar-refractivity contribution in [3.05, 3.63) is 42.0 Å². The third-order valence-electron chi connectivity index (χ3n) is 5.12. The van der Waals surface area contributed by atoms with E-state index in [1.54, 1.807) is 0 Å². The summed E-state index contributed by atoms with van der Waals surface area (Å²) in [6.45, 7) is 2.62. The number of hydrogen-bond donors (Lipinski definition) is 1. The fourth-order valence-electron chi connectivity index (χ4n) is 3.46. The van der Waals surface area contributed by atoms with Crippen molar-refractivity contribution in [2.45, 2.75) is 38.8 Å². The lowest BCUT2D eigenvalue weighted by atomic mass is 9.85. The Bertz CT molecular complexity index is 875. The fourth-order valence-corrected chi connectivity index (χ4v) is 3.46. The summed E-state index contributed by atoms with van der Waals surface area (Å²) in [5.74, 6) is -5.37. The van der Waals surface area contributed by atoms with Crippen LogP contribution in [0.5, 0.6) is 0 Å². The normalized spacial score (nSPS) is 22.8. The number of nitrogens with one attached hydrogen (secondary N) is 1. The molecule has 1 fully saturated rings. The number of carbonyl (C=O) groups excluding carboxylic acids is 4. The number of benzene rings is 1. The molecule has 1 aromatic carbocycles. The molecule has 0 spiro atoms. The van der Waals surface area contributed by atoms with Gasteiger partial charge in [0.1, 0.15) is 17.7 Å². The maximum atomic E-state index is 13.7. The predicted octanol–water partition coefficient (Wildman–Crippen LogP) is 2.17. The van der Waals surface area contributed by atoms with Crippen LogP contribution in [0.1, 0.15) is 26.7 Å². The first kappa shape index (κ1) is 20.6. The molecule has 3 amide bonds. The second-order valence-corrected chi connectivity index (χ2v) is 7.07. The molecule has 1 aliphatic heterocycles. The van der Waals surface area contributed by atoms with E-state index in [0.717, 1.165) is 17.0 Å². The molecule has 0 aromatic heterocycles. The standard InChI is InChI=1S/C20H20F2N2O5/c1-10(24-18(26)13-5-3-4-6-14(13)19(24)27)20(28)29-11(2)17(25)23-16-8-7-12(21)9-15(16)22/h3-4,7-11,13-14H,5-6H2,1-2H3,(H,23,25)/t10-,11+,13-,14-/m0/s1. The average Bonchev–Trinajstić information content (AvgIpc) is 2.94. The predicted molar refractivity (Wildman–Crippen MR) is 97.2 cm³/mol. The minimum Gasteiger partial charge on any atom is -0.451 e. The molecule has 9 heteroatoms. The van der Waals surface area contributed by atoms with Crippen molar-refractivity contribution in [3.63, 3.8) is 0 Å². The highest BCUT2D eigenvalue weighted by Crippen LogP contribution is 2.36. The van der Waals surface area contributed by atoms with Crippen molar-refractivity contribution < 1.29 is 32.7 Å². The number of amides is 3. The third kappa shape index (κ3) is 4.03. The van der Waals surface area contributed by atoms with E-state index in [1.165, 1.54) is 13.8 Å². The summed E-state index contributed by atoms with van der Waals surface area (Å²) < 4.78 is 31.7. The number of esters is 1. The first-order valence-electron chi connectivity index (χ1n) is 9.19. The molecule has 29 heavy (non-hydrogen) atoms. The number of likely N-dealkylation sites (tertiary alicyclic amines) is 1. The van der Waals surface area contributed by atoms with Crippen LogP contribution in [-0.4, -0.2) is 40.7 Å². The molecule has 0 saturated carbocycles. The van der Waals surface area contributed by atoms with E-state index in [2.05, 4.69) is 5.32 Å². The van der Waals surface area contributed by atoms with Gasteiger partial charge in [0, 0.05) is 6.07 Å². The molecule has 2 aliphatic rings. The summed E-state index contributed by atoms with van der Waals surface area (Å²) in [6, 6.07) is 1.42. The SMILES string of the molecule is C[C@@H](OC(=O)[C@H](C)N1C(=O)[C@H]2CC=CC[C@@H]2C1=O)C(=O)Nc1ccc(F)cc1F. The molecule has 1 aliphatic carbocycles. The smallest absolute Gasteiger partial charge is 0.329 e. The van der Waals surface area contributed by atoms with E-state index in [-0.39, 0.29) is 5.69 Å². The average molecular weight is 406 g/mol. The fraction of sp³-hybridized carbons (Fsp3) is 0.400. The summed E-state index contributed by atoms with van der Waals surface area (Å²) >= 11 is 0. The Balaban J connectivity index is 1.62. The van der Waals surface area contributed by atoms with Crippen LogP contribution in [0.15, 0.2) is 30.4 Å². The Kier molecular flexibility index (Phi) is 5.76. The number of halogens is 2. The minimum absolute atomic E-state index is 0.270. The van der Waals surface area contributed by atoms with Crippen LogP contribution in [0.3, 0.4) is 0 Å². The topological polar surface area (TPSA) is 92.8 Å². The van der Waals surface area contributed by atoms with Crippen LogP contribution in [0.2, 0.25) is 0 Å². The van der Waals surface area contributed by atoms with Gasteiger partial charge in [-0.25, -0.2) is 13.6 Å². The van der Waals surface area contributed by atoms with E-state index < -0.39 is 59.3 Å². The Labute approximate surface area is 165 Å². The van der Waals surface area contributed by atoms with Gasteiger partial charge in [0.25, 0.3) is 5.91 Å². The quantitative estimate of drug-likeness (QED) is 0.460. The second-order valence-electron chi connectivity index (χ2n) is 7.07. The van der Waals surface area contributed by atoms with Crippen molar-refractivity contribution in [2.24, 2.45) is 11.8 Å². The summed E-state index contributed by atoms with van der Waals surface area (Å²) in [5.41, 5.74) is -0.270. The molecule has 0 radical (unpaired) electrons. The van der Waals surface area contributed by atoms with Gasteiger partial charge in [-0.2, -0.15) is 0 Å². The molecule has 1 saturated heterocycles. The van der Waals surface area contributed by atoms with Gasteiger partial charge >= 0.3 is 5.97 Å². The van der Waals surface area contributed by atoms with Gasteiger partial charge < -0.3 is 10.1 Å². The zero-order valence-electron chi connectivity index (χ0n) is 15.9. The van der Waals surface area contributed by atoms with E-state index in [0.29, 0.717) is 18.9 Å². The lowest BCUT2D eigenvalue weighted by Gasteiger charge is -2.23. The number of imide groups is 1. The summed E-state index contributed by atoms with van der Waals surface area (Å²) in [4.78, 5) is 50.5. The van der Waals surface area contributed by atoms with Crippen molar-refractivity contribution in [2.75, 3.05) is 5.32 Å². The van der Waals surface area contributed by atoms with Crippen molar-refractivity contribution in [3.8, 4) is 0 Å². The van der Waals surface area contributed by atoms with Crippen molar-refractivity contribution in [1.29, 1.82) is 0 Å². The molecule has 1 aromatic rings. The largest absolute Gasteiger partial charge is 0.451 e. The van der Waals surface area contributed by atoms with Crippen LogP contribution in [-0.2, 0) is 23.9 Å². The van der Waals surface area contributed by atoms with Gasteiger partial charge in [-0.1, -0.05) is 12.2 Å². The lowest BCUT2D eigenvalue weighted by Crippen LogP contribution is -2.46. The maximum absolute atomic E-state index is 13.7. The van der Waals surface area contributed by atoms with E-state index >= 15 is 0 Å². The van der Waals surface area contributed by atoms with Gasteiger partial charge in [0.15, 0.2) is 6.10 Å². The van der Waals surface area contributed by atoms with Crippen LogP contribution in [0.4, 0.5) is 14.5 Å². The van der Waals surface area contributed by atoms with Gasteiger partial charge in [0.05, 0.1) is 17.5 Å². The van der Waals surface area contributed by atoms with Crippen LogP contribution in [0.25, 0.3) is 0 Å². The van der Waals surface area contributed by atoms with Gasteiger partial charge in [0.2, 0.25) is 11.8 Å². The van der Waals surface area contributed by atoms with E-state index in [4.69, 9.17) is 4.74 Å². The summed E-state index contributed by atoms with van der Waals surface area (Å²) in [6.07, 6.45) is 3.22. The molecule has 4 atom stereocenters. The first-order chi connectivity index (χ1) is 13.7. The first-order valence-corrected chi connectivity index (χ1v) is 9.19. The number of anilines is 1. The molecule has 3 rings (SSSR count). The summed E-state index contributed by atoms with van der Waals surface area (Å²) in [5, 5.41) is 2.20. The van der Waals surface area contributed by atoms with Crippen molar-refractivity contribution >= 4 is 29.4 Å². The van der Waals surface area contributed by atoms with E-state index in [9.17, 15) is 28.0 Å². The highest BCUT2D eigenvalue weighted by Gasteiger charge is 2.50. The highest BCUT2D eigenvalue weighted by atomic mass is 19.1. The Morgan fingerprint density at radius 1 is 1.10 bits per heavy atom. The van der Waals surface area contributed by atoms with Gasteiger partial charge in [-0.05, 0) is 38.8 Å². The molecular weight excluding hydrogens is 386 g/mol. The monoisotopic (exact) mass is 406 g/mol. The summed E-state index contributed by atoms with van der Waals surface area (Å²) in [7, 11) is 0.